The number of aliphatic hydroxyl groups is 1. The van der Waals surface area contributed by atoms with Crippen LogP contribution in [0.25, 0.3) is 0 Å². The molecule has 7 nitrogen and oxygen atoms in total. The fraction of sp³-hybridized carbons (Fsp3) is 0.611. The van der Waals surface area contributed by atoms with Crippen LogP contribution in [0.3, 0.4) is 0 Å². The van der Waals surface area contributed by atoms with E-state index in [2.05, 4.69) is 29.5 Å². The lowest BCUT2D eigenvalue weighted by Gasteiger charge is -2.20. The number of benzene rings is 1. The zero-order chi connectivity index (χ0) is 19.6. The Morgan fingerprint density at radius 1 is 1.31 bits per heavy atom. The van der Waals surface area contributed by atoms with Gasteiger partial charge in [0.2, 0.25) is 10.0 Å². The van der Waals surface area contributed by atoms with E-state index in [4.69, 9.17) is 5.14 Å². The fourth-order valence-corrected chi connectivity index (χ4v) is 3.31. The quantitative estimate of drug-likeness (QED) is 0.360. The Hall–Kier alpha value is -1.64. The summed E-state index contributed by atoms with van der Waals surface area (Å²) in [5.41, 5.74) is 0.766. The molecular formula is C18H32N4O3S. The predicted octanol–water partition coefficient (Wildman–Crippen LogP) is 1.43. The Labute approximate surface area is 157 Å². The molecule has 1 aromatic carbocycles. The normalized spacial score (nSPS) is 13.7. The van der Waals surface area contributed by atoms with Gasteiger partial charge in [-0.15, -0.1) is 0 Å². The van der Waals surface area contributed by atoms with Gasteiger partial charge < -0.3 is 15.7 Å². The van der Waals surface area contributed by atoms with E-state index < -0.39 is 10.0 Å². The second-order valence-corrected chi connectivity index (χ2v) is 8.34. The van der Waals surface area contributed by atoms with Gasteiger partial charge >= 0.3 is 0 Å². The smallest absolute Gasteiger partial charge is 0.238 e. The molecule has 0 heterocycles. The van der Waals surface area contributed by atoms with Crippen molar-refractivity contribution >= 4 is 16.0 Å². The zero-order valence-electron chi connectivity index (χ0n) is 15.9. The highest BCUT2D eigenvalue weighted by Crippen LogP contribution is 2.14. The van der Waals surface area contributed by atoms with Crippen LogP contribution in [0.2, 0.25) is 0 Å². The molecule has 1 atom stereocenters. The summed E-state index contributed by atoms with van der Waals surface area (Å²) >= 11 is 0. The first-order chi connectivity index (χ1) is 12.3. The summed E-state index contributed by atoms with van der Waals surface area (Å²) in [6.07, 6.45) is 1.78. The third-order valence-corrected chi connectivity index (χ3v) is 4.80. The van der Waals surface area contributed by atoms with Crippen molar-refractivity contribution in [3.05, 3.63) is 29.8 Å². The number of aliphatic hydroxyl groups excluding tert-OH is 1. The summed E-state index contributed by atoms with van der Waals surface area (Å²) < 4.78 is 22.9. The molecule has 0 aliphatic rings. The van der Waals surface area contributed by atoms with Crippen LogP contribution < -0.4 is 15.8 Å². The molecule has 0 radical (unpaired) electrons. The average molecular weight is 385 g/mol. The summed E-state index contributed by atoms with van der Waals surface area (Å²) in [7, 11) is -3.72. The van der Waals surface area contributed by atoms with E-state index in [1.165, 1.54) is 12.1 Å². The number of nitrogens with two attached hydrogens (primary N) is 1. The Morgan fingerprint density at radius 3 is 2.62 bits per heavy atom. The van der Waals surface area contributed by atoms with Crippen molar-refractivity contribution in [1.82, 2.24) is 10.6 Å². The number of hydrogen-bond acceptors (Lipinski definition) is 4. The Balaban J connectivity index is 2.76. The lowest BCUT2D eigenvalue weighted by Crippen LogP contribution is -2.40. The topological polar surface area (TPSA) is 117 Å². The molecule has 0 saturated carbocycles. The molecule has 5 N–H and O–H groups in total. The molecule has 1 rings (SSSR count). The van der Waals surface area contributed by atoms with Crippen LogP contribution in [0.5, 0.6) is 0 Å². The Bertz CT molecular complexity index is 675. The van der Waals surface area contributed by atoms with Crippen molar-refractivity contribution in [3.8, 4) is 0 Å². The molecule has 26 heavy (non-hydrogen) atoms. The van der Waals surface area contributed by atoms with Crippen LogP contribution in [-0.2, 0) is 16.6 Å². The third kappa shape index (κ3) is 8.64. The van der Waals surface area contributed by atoms with Crippen molar-refractivity contribution in [2.24, 2.45) is 22.0 Å². The monoisotopic (exact) mass is 384 g/mol. The number of guanidine groups is 1. The lowest BCUT2D eigenvalue weighted by atomic mass is 9.94. The van der Waals surface area contributed by atoms with Gasteiger partial charge in [0.25, 0.3) is 0 Å². The van der Waals surface area contributed by atoms with Gasteiger partial charge in [-0.2, -0.15) is 0 Å². The number of nitrogens with one attached hydrogen (secondary N) is 2. The summed E-state index contributed by atoms with van der Waals surface area (Å²) in [5, 5.41) is 20.9. The minimum Gasteiger partial charge on any atom is -0.396 e. The molecule has 0 amide bonds. The first-order valence-corrected chi connectivity index (χ1v) is 10.6. The maximum atomic E-state index is 11.4. The summed E-state index contributed by atoms with van der Waals surface area (Å²) in [4.78, 5) is 4.60. The van der Waals surface area contributed by atoms with Gasteiger partial charge in [0.1, 0.15) is 0 Å². The molecule has 148 valence electrons. The van der Waals surface area contributed by atoms with Gasteiger partial charge in [0.05, 0.1) is 11.4 Å². The molecule has 1 aromatic rings. The van der Waals surface area contributed by atoms with E-state index >= 15 is 0 Å². The predicted molar refractivity (Wildman–Crippen MR) is 105 cm³/mol. The molecule has 8 heteroatoms. The molecule has 0 aliphatic carbocycles. The van der Waals surface area contributed by atoms with Crippen molar-refractivity contribution in [2.45, 2.75) is 45.1 Å². The molecule has 0 fully saturated rings. The van der Waals surface area contributed by atoms with Crippen LogP contribution in [0.15, 0.2) is 34.2 Å². The van der Waals surface area contributed by atoms with Gasteiger partial charge in [-0.3, -0.25) is 0 Å². The molecular weight excluding hydrogens is 352 g/mol. The molecule has 1 unspecified atom stereocenters. The highest BCUT2D eigenvalue weighted by Gasteiger charge is 2.12. The molecule has 0 saturated heterocycles. The van der Waals surface area contributed by atoms with E-state index in [9.17, 15) is 13.5 Å². The van der Waals surface area contributed by atoms with Gasteiger partial charge in [0, 0.05) is 19.7 Å². The number of hydrogen-bond donors (Lipinski definition) is 4. The summed E-state index contributed by atoms with van der Waals surface area (Å²) in [6, 6.07) is 6.48. The highest BCUT2D eigenvalue weighted by atomic mass is 32.2. The second-order valence-electron chi connectivity index (χ2n) is 6.78. The Kier molecular flexibility index (Phi) is 9.61. The minimum atomic E-state index is -3.72. The number of rotatable bonds is 10. The lowest BCUT2D eigenvalue weighted by molar-refractivity contribution is 0.243. The molecule has 0 aromatic heterocycles. The highest BCUT2D eigenvalue weighted by molar-refractivity contribution is 7.89. The van der Waals surface area contributed by atoms with Crippen molar-refractivity contribution in [1.29, 1.82) is 0 Å². The number of nitrogens with zero attached hydrogens (tertiary/aromatic N) is 1. The average Bonchev–Trinajstić information content (AvgIpc) is 2.56. The van der Waals surface area contributed by atoms with Gasteiger partial charge in [-0.05, 0) is 49.3 Å². The third-order valence-electron chi connectivity index (χ3n) is 3.89. The number of sulfonamides is 1. The summed E-state index contributed by atoms with van der Waals surface area (Å²) in [6.45, 7) is 8.28. The Morgan fingerprint density at radius 2 is 2.04 bits per heavy atom. The zero-order valence-corrected chi connectivity index (χ0v) is 16.7. The van der Waals surface area contributed by atoms with Gasteiger partial charge in [-0.25, -0.2) is 18.5 Å². The number of aliphatic imine (C=N–C) groups is 1. The van der Waals surface area contributed by atoms with Gasteiger partial charge in [0.15, 0.2) is 5.96 Å². The van der Waals surface area contributed by atoms with E-state index in [0.29, 0.717) is 24.3 Å². The summed E-state index contributed by atoms with van der Waals surface area (Å²) in [5.74, 6) is 1.60. The second kappa shape index (κ2) is 11.2. The maximum absolute atomic E-state index is 11.4. The SMILES string of the molecule is CCNC(=NCc1cccc(S(N)(=O)=O)c1)NCC(CCO)CC(C)C. The van der Waals surface area contributed by atoms with Crippen LogP contribution in [0.4, 0.5) is 0 Å². The fourth-order valence-electron chi connectivity index (χ4n) is 2.73. The van der Waals surface area contributed by atoms with Crippen LogP contribution in [0.1, 0.15) is 39.2 Å². The van der Waals surface area contributed by atoms with Crippen LogP contribution >= 0.6 is 0 Å². The number of primary sulfonamides is 1. The van der Waals surface area contributed by atoms with E-state index in [1.54, 1.807) is 6.07 Å². The van der Waals surface area contributed by atoms with Crippen molar-refractivity contribution in [3.63, 3.8) is 0 Å². The standard InChI is InChI=1S/C18H32N4O3S/c1-4-20-18(22-13-16(8-9-23)10-14(2)3)21-12-15-6-5-7-17(11-15)26(19,24)25/h5-7,11,14,16,23H,4,8-10,12-13H2,1-3H3,(H2,19,24,25)(H2,20,21,22). The maximum Gasteiger partial charge on any atom is 0.238 e. The largest absolute Gasteiger partial charge is 0.396 e. The van der Waals surface area contributed by atoms with Gasteiger partial charge in [-0.1, -0.05) is 26.0 Å². The van der Waals surface area contributed by atoms with Crippen molar-refractivity contribution < 1.29 is 13.5 Å². The van der Waals surface area contributed by atoms with Crippen molar-refractivity contribution in [2.75, 3.05) is 19.7 Å². The van der Waals surface area contributed by atoms with Crippen LogP contribution in [-0.4, -0.2) is 39.2 Å². The molecule has 0 spiro atoms. The first kappa shape index (κ1) is 22.4. The van der Waals surface area contributed by atoms with E-state index in [1.807, 2.05) is 13.0 Å². The van der Waals surface area contributed by atoms with E-state index in [0.717, 1.165) is 31.5 Å². The minimum absolute atomic E-state index is 0.0862. The van der Waals surface area contributed by atoms with E-state index in [-0.39, 0.29) is 11.5 Å². The molecule has 0 aliphatic heterocycles. The molecule has 0 bridgehead atoms. The van der Waals surface area contributed by atoms with Crippen LogP contribution in [0, 0.1) is 11.8 Å². The first-order valence-electron chi connectivity index (χ1n) is 9.01.